The van der Waals surface area contributed by atoms with Crippen LogP contribution in [-0.2, 0) is 9.53 Å². The molecule has 0 fully saturated rings. The minimum Gasteiger partial charge on any atom is -0.444 e. The summed E-state index contributed by atoms with van der Waals surface area (Å²) in [7, 11) is 0. The summed E-state index contributed by atoms with van der Waals surface area (Å²) in [5.41, 5.74) is 0.883. The maximum absolute atomic E-state index is 12.0. The molecule has 0 saturated heterocycles. The highest BCUT2D eigenvalue weighted by atomic mass is 79.9. The standard InChI is InChI=1S/C19H17BrN2O2/c1-14(23)22-19(2,12-11-15-7-4-3-5-8-15)24-18(21-22)16-9-6-10-17(20)13-16/h3-13H,1-2H3. The molecule has 2 aromatic rings. The Hall–Kier alpha value is -2.40. The number of rotatable bonds is 3. The van der Waals surface area contributed by atoms with E-state index in [9.17, 15) is 4.79 Å². The molecule has 2 aromatic carbocycles. The zero-order valence-corrected chi connectivity index (χ0v) is 15.0. The molecular weight excluding hydrogens is 368 g/mol. The molecule has 0 N–H and O–H groups in total. The zero-order valence-electron chi connectivity index (χ0n) is 13.4. The fourth-order valence-corrected chi connectivity index (χ4v) is 2.89. The summed E-state index contributed by atoms with van der Waals surface area (Å²) in [6, 6.07) is 17.5. The van der Waals surface area contributed by atoms with Gasteiger partial charge in [-0.1, -0.05) is 58.4 Å². The van der Waals surface area contributed by atoms with E-state index in [-0.39, 0.29) is 5.91 Å². The maximum Gasteiger partial charge on any atom is 0.243 e. The molecule has 0 aromatic heterocycles. The van der Waals surface area contributed by atoms with Crippen LogP contribution in [0.2, 0.25) is 0 Å². The second-order valence-corrected chi connectivity index (χ2v) is 6.56. The molecule has 0 bridgehead atoms. The summed E-state index contributed by atoms with van der Waals surface area (Å²) < 4.78 is 6.96. The van der Waals surface area contributed by atoms with Crippen LogP contribution < -0.4 is 0 Å². The lowest BCUT2D eigenvalue weighted by Crippen LogP contribution is -2.42. The first-order chi connectivity index (χ1) is 11.5. The largest absolute Gasteiger partial charge is 0.444 e. The second-order valence-electron chi connectivity index (χ2n) is 5.65. The van der Waals surface area contributed by atoms with Crippen molar-refractivity contribution in [2.24, 2.45) is 5.10 Å². The van der Waals surface area contributed by atoms with Crippen LogP contribution in [-0.4, -0.2) is 22.5 Å². The third-order valence-corrected chi connectivity index (χ3v) is 4.16. The Morgan fingerprint density at radius 1 is 1.21 bits per heavy atom. The van der Waals surface area contributed by atoms with Crippen LogP contribution in [0.5, 0.6) is 0 Å². The Balaban J connectivity index is 1.91. The smallest absolute Gasteiger partial charge is 0.243 e. The van der Waals surface area contributed by atoms with Gasteiger partial charge in [-0.25, -0.2) is 0 Å². The van der Waals surface area contributed by atoms with Crippen molar-refractivity contribution in [1.29, 1.82) is 0 Å². The van der Waals surface area contributed by atoms with Crippen molar-refractivity contribution < 1.29 is 9.53 Å². The number of benzene rings is 2. The van der Waals surface area contributed by atoms with Crippen molar-refractivity contribution >= 4 is 33.8 Å². The third kappa shape index (κ3) is 3.41. The summed E-state index contributed by atoms with van der Waals surface area (Å²) in [4.78, 5) is 12.0. The highest BCUT2D eigenvalue weighted by Gasteiger charge is 2.41. The average Bonchev–Trinajstić information content (AvgIpc) is 2.93. The van der Waals surface area contributed by atoms with Gasteiger partial charge < -0.3 is 4.74 Å². The number of carbonyl (C=O) groups excluding carboxylic acids is 1. The maximum atomic E-state index is 12.0. The summed E-state index contributed by atoms with van der Waals surface area (Å²) >= 11 is 3.44. The average molecular weight is 385 g/mol. The predicted octanol–water partition coefficient (Wildman–Crippen LogP) is 4.42. The number of nitrogens with zero attached hydrogens (tertiary/aromatic N) is 2. The van der Waals surface area contributed by atoms with Crippen molar-refractivity contribution in [1.82, 2.24) is 5.01 Å². The van der Waals surface area contributed by atoms with E-state index in [0.717, 1.165) is 15.6 Å². The monoisotopic (exact) mass is 384 g/mol. The Kier molecular flexibility index (Phi) is 4.53. The number of hydrogen-bond donors (Lipinski definition) is 0. The van der Waals surface area contributed by atoms with Crippen molar-refractivity contribution in [3.8, 4) is 0 Å². The molecule has 0 aliphatic carbocycles. The van der Waals surface area contributed by atoms with Gasteiger partial charge in [0.25, 0.3) is 0 Å². The van der Waals surface area contributed by atoms with Gasteiger partial charge in [0.05, 0.1) is 0 Å². The molecule has 0 saturated carbocycles. The Bertz CT molecular complexity index is 817. The number of hydrogen-bond acceptors (Lipinski definition) is 3. The van der Waals surface area contributed by atoms with Crippen LogP contribution in [0.4, 0.5) is 0 Å². The number of hydrazone groups is 1. The first kappa shape index (κ1) is 16.5. The normalized spacial score (nSPS) is 20.1. The van der Waals surface area contributed by atoms with Gasteiger partial charge in [-0.2, -0.15) is 5.01 Å². The van der Waals surface area contributed by atoms with Gasteiger partial charge in [0.1, 0.15) is 0 Å². The van der Waals surface area contributed by atoms with E-state index >= 15 is 0 Å². The summed E-state index contributed by atoms with van der Waals surface area (Å²) in [5, 5.41) is 5.73. The molecule has 4 nitrogen and oxygen atoms in total. The van der Waals surface area contributed by atoms with Crippen LogP contribution in [0.1, 0.15) is 25.0 Å². The van der Waals surface area contributed by atoms with E-state index < -0.39 is 5.72 Å². The molecular formula is C19H17BrN2O2. The van der Waals surface area contributed by atoms with Gasteiger partial charge in [0.15, 0.2) is 0 Å². The van der Waals surface area contributed by atoms with Crippen molar-refractivity contribution in [3.05, 3.63) is 76.3 Å². The number of carbonyl (C=O) groups is 1. The molecule has 0 spiro atoms. The molecule has 0 radical (unpaired) electrons. The van der Waals surface area contributed by atoms with E-state index in [1.807, 2.05) is 73.7 Å². The highest BCUT2D eigenvalue weighted by Crippen LogP contribution is 2.30. The zero-order chi connectivity index (χ0) is 17.2. The van der Waals surface area contributed by atoms with Gasteiger partial charge in [-0.15, -0.1) is 5.10 Å². The second kappa shape index (κ2) is 6.61. The Labute approximate surface area is 149 Å². The minimum absolute atomic E-state index is 0.180. The first-order valence-corrected chi connectivity index (χ1v) is 8.36. The van der Waals surface area contributed by atoms with Gasteiger partial charge in [0, 0.05) is 23.9 Å². The van der Waals surface area contributed by atoms with Gasteiger partial charge in [-0.05, 0) is 29.8 Å². The quantitative estimate of drug-likeness (QED) is 0.785. The number of halogens is 1. The molecule has 1 aliphatic heterocycles. The molecule has 1 heterocycles. The van der Waals surface area contributed by atoms with Gasteiger partial charge in [-0.3, -0.25) is 4.79 Å². The molecule has 1 aliphatic rings. The number of amides is 1. The van der Waals surface area contributed by atoms with Gasteiger partial charge >= 0.3 is 0 Å². The fraction of sp³-hybridized carbons (Fsp3) is 0.158. The Morgan fingerprint density at radius 2 is 1.96 bits per heavy atom. The predicted molar refractivity (Wildman–Crippen MR) is 98.2 cm³/mol. The van der Waals surface area contributed by atoms with Crippen molar-refractivity contribution in [3.63, 3.8) is 0 Å². The molecule has 122 valence electrons. The lowest BCUT2D eigenvalue weighted by atomic mass is 10.1. The van der Waals surface area contributed by atoms with Crippen molar-refractivity contribution in [2.75, 3.05) is 0 Å². The molecule has 1 amide bonds. The SMILES string of the molecule is CC(=O)N1N=C(c2cccc(Br)c2)OC1(C)C=Cc1ccccc1. The topological polar surface area (TPSA) is 41.9 Å². The molecule has 5 heteroatoms. The van der Waals surface area contributed by atoms with E-state index in [1.165, 1.54) is 11.9 Å². The first-order valence-electron chi connectivity index (χ1n) is 7.56. The molecule has 1 atom stereocenters. The Morgan fingerprint density at radius 3 is 2.62 bits per heavy atom. The molecule has 3 rings (SSSR count). The summed E-state index contributed by atoms with van der Waals surface area (Å²) in [6.45, 7) is 3.30. The van der Waals surface area contributed by atoms with Crippen LogP contribution >= 0.6 is 15.9 Å². The lowest BCUT2D eigenvalue weighted by Gasteiger charge is -2.27. The minimum atomic E-state index is -0.959. The van der Waals surface area contributed by atoms with Crippen molar-refractivity contribution in [2.45, 2.75) is 19.6 Å². The highest BCUT2D eigenvalue weighted by molar-refractivity contribution is 9.10. The summed E-state index contributed by atoms with van der Waals surface area (Å²) in [6.07, 6.45) is 3.77. The van der Waals surface area contributed by atoms with Crippen LogP contribution in [0, 0.1) is 0 Å². The lowest BCUT2D eigenvalue weighted by molar-refractivity contribution is -0.139. The van der Waals surface area contributed by atoms with Crippen LogP contribution in [0.3, 0.4) is 0 Å². The summed E-state index contributed by atoms with van der Waals surface area (Å²) in [5.74, 6) is 0.243. The van der Waals surface area contributed by atoms with E-state index in [0.29, 0.717) is 5.90 Å². The van der Waals surface area contributed by atoms with Crippen LogP contribution in [0.15, 0.2) is 70.2 Å². The molecule has 24 heavy (non-hydrogen) atoms. The third-order valence-electron chi connectivity index (χ3n) is 3.67. The van der Waals surface area contributed by atoms with E-state index in [4.69, 9.17) is 4.74 Å². The van der Waals surface area contributed by atoms with E-state index in [1.54, 1.807) is 0 Å². The van der Waals surface area contributed by atoms with E-state index in [2.05, 4.69) is 21.0 Å². The fourth-order valence-electron chi connectivity index (χ4n) is 2.49. The molecule has 1 unspecified atom stereocenters. The van der Waals surface area contributed by atoms with Crippen LogP contribution in [0.25, 0.3) is 6.08 Å². The number of ether oxygens (including phenoxy) is 1. The van der Waals surface area contributed by atoms with Gasteiger partial charge in [0.2, 0.25) is 17.5 Å².